The minimum absolute atomic E-state index is 0.0350. The van der Waals surface area contributed by atoms with Crippen LogP contribution in [0, 0.1) is 12.8 Å². The van der Waals surface area contributed by atoms with E-state index in [1.165, 1.54) is 33.5 Å². The lowest BCUT2D eigenvalue weighted by molar-refractivity contribution is -0.131. The van der Waals surface area contributed by atoms with Gasteiger partial charge in [-0.25, -0.2) is 0 Å². The molecule has 0 unspecified atom stereocenters. The molecule has 2 amide bonds. The summed E-state index contributed by atoms with van der Waals surface area (Å²) in [5.74, 6) is 0.865. The molecule has 0 radical (unpaired) electrons. The molecular weight excluding hydrogens is 404 g/mol. The third kappa shape index (κ3) is 3.63. The van der Waals surface area contributed by atoms with E-state index < -0.39 is 0 Å². The molecule has 0 saturated carbocycles. The highest BCUT2D eigenvalue weighted by Crippen LogP contribution is 2.40. The molecule has 156 valence electrons. The van der Waals surface area contributed by atoms with Crippen molar-refractivity contribution in [3.8, 4) is 11.1 Å². The molecule has 0 atom stereocenters. The zero-order chi connectivity index (χ0) is 21.5. The number of fused-ring (bicyclic) bond motifs is 2. The van der Waals surface area contributed by atoms with Crippen LogP contribution in [0.25, 0.3) is 21.9 Å². The number of nitrogens with zero attached hydrogens (tertiary/aromatic N) is 2. The van der Waals surface area contributed by atoms with Crippen molar-refractivity contribution in [2.75, 3.05) is 30.3 Å². The monoisotopic (exact) mass is 428 g/mol. The first-order chi connectivity index (χ1) is 15.0. The first-order valence-electron chi connectivity index (χ1n) is 10.5. The van der Waals surface area contributed by atoms with Gasteiger partial charge in [0.15, 0.2) is 0 Å². The molecule has 3 aromatic rings. The van der Waals surface area contributed by atoms with Crippen molar-refractivity contribution < 1.29 is 9.59 Å². The zero-order valence-corrected chi connectivity index (χ0v) is 18.3. The van der Waals surface area contributed by atoms with E-state index in [1.54, 1.807) is 16.7 Å². The number of hydrogen-bond donors (Lipinski definition) is 0. The van der Waals surface area contributed by atoms with E-state index in [2.05, 4.69) is 68.1 Å². The van der Waals surface area contributed by atoms with Gasteiger partial charge in [0.1, 0.15) is 0 Å². The molecule has 4 nitrogen and oxygen atoms in total. The van der Waals surface area contributed by atoms with E-state index in [0.29, 0.717) is 31.3 Å². The second-order valence-electron chi connectivity index (χ2n) is 8.32. The summed E-state index contributed by atoms with van der Waals surface area (Å²) in [6.45, 7) is 7.70. The minimum Gasteiger partial charge on any atom is -0.338 e. The van der Waals surface area contributed by atoms with Crippen LogP contribution in [0.3, 0.4) is 0 Å². The quantitative estimate of drug-likeness (QED) is 0.555. The average molecular weight is 429 g/mol. The SMILES string of the molecule is C=CC(=O)N1CC(CN2C(=O)CSc3cc(-c4cc(C)cc5ccccc45)ccc32)C1. The first-order valence-corrected chi connectivity index (χ1v) is 11.5. The van der Waals surface area contributed by atoms with Crippen LogP contribution in [0.2, 0.25) is 0 Å². The maximum Gasteiger partial charge on any atom is 0.245 e. The van der Waals surface area contributed by atoms with Gasteiger partial charge in [-0.3, -0.25) is 9.59 Å². The maximum absolute atomic E-state index is 12.7. The van der Waals surface area contributed by atoms with E-state index in [1.807, 2.05) is 4.90 Å². The van der Waals surface area contributed by atoms with Gasteiger partial charge < -0.3 is 9.80 Å². The van der Waals surface area contributed by atoms with Crippen LogP contribution >= 0.6 is 11.8 Å². The topological polar surface area (TPSA) is 40.6 Å². The van der Waals surface area contributed by atoms with Gasteiger partial charge in [0.05, 0.1) is 11.4 Å². The first kappa shape index (κ1) is 19.9. The van der Waals surface area contributed by atoms with Crippen molar-refractivity contribution in [2.24, 2.45) is 5.92 Å². The number of rotatable bonds is 4. The summed E-state index contributed by atoms with van der Waals surface area (Å²) >= 11 is 1.61. The molecule has 0 spiro atoms. The number of amides is 2. The Morgan fingerprint density at radius 3 is 2.77 bits per heavy atom. The molecule has 0 bridgehead atoms. The minimum atomic E-state index is -0.0350. The average Bonchev–Trinajstić information content (AvgIpc) is 2.75. The molecular formula is C26H24N2O2S. The number of carbonyl (C=O) groups is 2. The highest BCUT2D eigenvalue weighted by molar-refractivity contribution is 8.00. The number of thioether (sulfide) groups is 1. The highest BCUT2D eigenvalue weighted by atomic mass is 32.2. The van der Waals surface area contributed by atoms with Crippen LogP contribution < -0.4 is 4.90 Å². The van der Waals surface area contributed by atoms with E-state index in [4.69, 9.17) is 0 Å². The highest BCUT2D eigenvalue weighted by Gasteiger charge is 2.34. The van der Waals surface area contributed by atoms with Gasteiger partial charge in [0, 0.05) is 30.4 Å². The largest absolute Gasteiger partial charge is 0.338 e. The summed E-state index contributed by atoms with van der Waals surface area (Å²) in [4.78, 5) is 29.2. The summed E-state index contributed by atoms with van der Waals surface area (Å²) in [6, 6.07) is 19.3. The number of anilines is 1. The Hall–Kier alpha value is -3.05. The maximum atomic E-state index is 12.7. The fourth-order valence-corrected chi connectivity index (χ4v) is 5.50. The fourth-order valence-electron chi connectivity index (χ4n) is 4.52. The second-order valence-corrected chi connectivity index (χ2v) is 9.34. The third-order valence-corrected chi connectivity index (χ3v) is 7.13. The summed E-state index contributed by atoms with van der Waals surface area (Å²) in [7, 11) is 0. The number of likely N-dealkylation sites (tertiary alicyclic amines) is 1. The molecule has 31 heavy (non-hydrogen) atoms. The van der Waals surface area contributed by atoms with Crippen LogP contribution in [0.5, 0.6) is 0 Å². The number of aryl methyl sites for hydroxylation is 1. The van der Waals surface area contributed by atoms with Crippen LogP contribution in [0.15, 0.2) is 72.1 Å². The van der Waals surface area contributed by atoms with Crippen LogP contribution in [0.1, 0.15) is 5.56 Å². The third-order valence-electron chi connectivity index (χ3n) is 6.10. The van der Waals surface area contributed by atoms with E-state index in [9.17, 15) is 9.59 Å². The normalized spacial score (nSPS) is 16.2. The molecule has 0 aliphatic carbocycles. The van der Waals surface area contributed by atoms with Gasteiger partial charge in [0.2, 0.25) is 11.8 Å². The van der Waals surface area contributed by atoms with Crippen molar-refractivity contribution in [1.29, 1.82) is 0 Å². The van der Waals surface area contributed by atoms with Crippen molar-refractivity contribution >= 4 is 40.0 Å². The van der Waals surface area contributed by atoms with Gasteiger partial charge in [-0.1, -0.05) is 49.0 Å². The van der Waals surface area contributed by atoms with Crippen molar-refractivity contribution in [3.05, 3.63) is 72.8 Å². The van der Waals surface area contributed by atoms with Gasteiger partial charge in [-0.05, 0) is 52.6 Å². The number of hydrogen-bond acceptors (Lipinski definition) is 3. The smallest absolute Gasteiger partial charge is 0.245 e. The van der Waals surface area contributed by atoms with Gasteiger partial charge in [-0.15, -0.1) is 11.8 Å². The molecule has 5 rings (SSSR count). The number of benzene rings is 3. The van der Waals surface area contributed by atoms with E-state index in [-0.39, 0.29) is 11.8 Å². The van der Waals surface area contributed by atoms with Gasteiger partial charge in [0.25, 0.3) is 0 Å². The van der Waals surface area contributed by atoms with Gasteiger partial charge in [-0.2, -0.15) is 0 Å². The summed E-state index contributed by atoms with van der Waals surface area (Å²) in [6.07, 6.45) is 1.35. The molecule has 0 N–H and O–H groups in total. The predicted molar refractivity (Wildman–Crippen MR) is 127 cm³/mol. The van der Waals surface area contributed by atoms with Crippen LogP contribution in [-0.4, -0.2) is 42.1 Å². The van der Waals surface area contributed by atoms with Crippen molar-refractivity contribution in [2.45, 2.75) is 11.8 Å². The fraction of sp³-hybridized carbons (Fsp3) is 0.231. The lowest BCUT2D eigenvalue weighted by atomic mass is 9.95. The Morgan fingerprint density at radius 2 is 1.97 bits per heavy atom. The lowest BCUT2D eigenvalue weighted by Crippen LogP contribution is -2.54. The Balaban J connectivity index is 1.44. The second kappa shape index (κ2) is 7.89. The van der Waals surface area contributed by atoms with E-state index in [0.717, 1.165) is 10.6 Å². The van der Waals surface area contributed by atoms with E-state index >= 15 is 0 Å². The van der Waals surface area contributed by atoms with Crippen molar-refractivity contribution in [3.63, 3.8) is 0 Å². The summed E-state index contributed by atoms with van der Waals surface area (Å²) < 4.78 is 0. The Labute approximate surface area is 186 Å². The molecule has 0 aromatic heterocycles. The Morgan fingerprint density at radius 1 is 1.16 bits per heavy atom. The van der Waals surface area contributed by atoms with Gasteiger partial charge >= 0.3 is 0 Å². The summed E-state index contributed by atoms with van der Waals surface area (Å²) in [5.41, 5.74) is 4.61. The lowest BCUT2D eigenvalue weighted by Gasteiger charge is -2.42. The molecule has 2 aliphatic rings. The molecule has 5 heteroatoms. The standard InChI is InChI=1S/C26H24N2O2S/c1-3-25(29)27-13-18(14-27)15-28-23-9-8-20(12-24(23)31-16-26(28)30)22-11-17(2)10-19-6-4-5-7-21(19)22/h3-12,18H,1,13-16H2,2H3. The number of carbonyl (C=O) groups excluding carboxylic acids is 2. The van der Waals surface area contributed by atoms with Crippen LogP contribution in [0.4, 0.5) is 5.69 Å². The Kier molecular flexibility index (Phi) is 5.06. The Bertz CT molecular complexity index is 1210. The molecule has 1 fully saturated rings. The zero-order valence-electron chi connectivity index (χ0n) is 17.5. The summed E-state index contributed by atoms with van der Waals surface area (Å²) in [5, 5.41) is 2.48. The molecule has 2 heterocycles. The molecule has 3 aromatic carbocycles. The molecule has 2 aliphatic heterocycles. The molecule has 1 saturated heterocycles. The van der Waals surface area contributed by atoms with Crippen molar-refractivity contribution in [1.82, 2.24) is 4.90 Å². The van der Waals surface area contributed by atoms with Crippen LogP contribution in [-0.2, 0) is 9.59 Å². The predicted octanol–water partition coefficient (Wildman–Crippen LogP) is 4.90.